The molecule has 7 nitrogen and oxygen atoms in total. The maximum atomic E-state index is 11.4. The van der Waals surface area contributed by atoms with Crippen LogP contribution in [0.15, 0.2) is 23.1 Å². The summed E-state index contributed by atoms with van der Waals surface area (Å²) in [6, 6.07) is 4.69. The molecule has 0 aliphatic rings. The van der Waals surface area contributed by atoms with Crippen LogP contribution in [-0.4, -0.2) is 40.0 Å². The van der Waals surface area contributed by atoms with Gasteiger partial charge in [0.05, 0.1) is 19.9 Å². The van der Waals surface area contributed by atoms with Crippen molar-refractivity contribution in [1.82, 2.24) is 5.32 Å². The van der Waals surface area contributed by atoms with Crippen molar-refractivity contribution in [2.75, 3.05) is 20.3 Å². The van der Waals surface area contributed by atoms with Crippen LogP contribution < -0.4 is 20.9 Å². The molecule has 1 rings (SSSR count). The average Bonchev–Trinajstić information content (AvgIpc) is 2.35. The molecule has 6 N–H and O–H groups in total. The van der Waals surface area contributed by atoms with Crippen molar-refractivity contribution in [3.05, 3.63) is 23.8 Å². The highest BCUT2D eigenvalue weighted by molar-refractivity contribution is 7.89. The molecule has 19 heavy (non-hydrogen) atoms. The van der Waals surface area contributed by atoms with E-state index in [9.17, 15) is 8.42 Å². The Kier molecular flexibility index (Phi) is 5.70. The van der Waals surface area contributed by atoms with Gasteiger partial charge in [0, 0.05) is 13.0 Å². The third-order valence-electron chi connectivity index (χ3n) is 2.51. The van der Waals surface area contributed by atoms with E-state index in [4.69, 9.17) is 20.7 Å². The molecule has 0 saturated carbocycles. The monoisotopic (exact) mass is 289 g/mol. The zero-order valence-electron chi connectivity index (χ0n) is 10.7. The van der Waals surface area contributed by atoms with Gasteiger partial charge >= 0.3 is 0 Å². The number of hydrogen-bond acceptors (Lipinski definition) is 6. The van der Waals surface area contributed by atoms with E-state index < -0.39 is 10.0 Å². The fourth-order valence-electron chi connectivity index (χ4n) is 1.65. The molecular weight excluding hydrogens is 270 g/mol. The lowest BCUT2D eigenvalue weighted by Gasteiger charge is -2.14. The Bertz CT molecular complexity index is 519. The van der Waals surface area contributed by atoms with E-state index in [2.05, 4.69) is 5.32 Å². The average molecular weight is 289 g/mol. The molecule has 0 bridgehead atoms. The number of primary sulfonamides is 1. The van der Waals surface area contributed by atoms with Crippen molar-refractivity contribution < 1.29 is 18.3 Å². The first-order valence-electron chi connectivity index (χ1n) is 5.68. The summed E-state index contributed by atoms with van der Waals surface area (Å²) < 4.78 is 27.8. The number of sulfonamides is 1. The first-order chi connectivity index (χ1) is 8.88. The largest absolute Gasteiger partial charge is 0.495 e. The first kappa shape index (κ1) is 15.9. The van der Waals surface area contributed by atoms with Gasteiger partial charge in [-0.2, -0.15) is 0 Å². The number of nitrogens with one attached hydrogen (secondary N) is 1. The minimum atomic E-state index is -3.85. The van der Waals surface area contributed by atoms with Gasteiger partial charge in [0.25, 0.3) is 0 Å². The third-order valence-corrected chi connectivity index (χ3v) is 3.44. The molecule has 0 heterocycles. The molecule has 0 aromatic heterocycles. The fourth-order valence-corrected chi connectivity index (χ4v) is 2.39. The molecule has 0 radical (unpaired) electrons. The minimum absolute atomic E-state index is 0.0151. The summed E-state index contributed by atoms with van der Waals surface area (Å²) in [6.45, 7) is 0.359. The number of benzene rings is 1. The summed E-state index contributed by atoms with van der Waals surface area (Å²) in [4.78, 5) is -0.0677. The Morgan fingerprint density at radius 2 is 2.16 bits per heavy atom. The fraction of sp³-hybridized carbons (Fsp3) is 0.455. The Hall–Kier alpha value is -1.19. The molecule has 0 aliphatic heterocycles. The maximum Gasteiger partial charge on any atom is 0.241 e. The Morgan fingerprint density at radius 1 is 1.47 bits per heavy atom. The molecule has 1 aromatic rings. The van der Waals surface area contributed by atoms with E-state index in [0.29, 0.717) is 18.5 Å². The molecule has 8 heteroatoms. The summed E-state index contributed by atoms with van der Waals surface area (Å²) >= 11 is 0. The lowest BCUT2D eigenvalue weighted by molar-refractivity contribution is 0.284. The molecule has 108 valence electrons. The molecule has 1 aromatic carbocycles. The van der Waals surface area contributed by atoms with Crippen molar-refractivity contribution in [3.8, 4) is 5.75 Å². The molecule has 1 atom stereocenters. The number of aliphatic hydroxyl groups is 1. The van der Waals surface area contributed by atoms with Crippen LogP contribution in [0.3, 0.4) is 0 Å². The van der Waals surface area contributed by atoms with E-state index in [0.717, 1.165) is 0 Å². The number of aliphatic hydroxyl groups excluding tert-OH is 1. The van der Waals surface area contributed by atoms with Gasteiger partial charge in [0.2, 0.25) is 10.0 Å². The van der Waals surface area contributed by atoms with Crippen LogP contribution in [-0.2, 0) is 16.4 Å². The maximum absolute atomic E-state index is 11.4. The van der Waals surface area contributed by atoms with Gasteiger partial charge in [0.1, 0.15) is 10.6 Å². The van der Waals surface area contributed by atoms with Gasteiger partial charge in [-0.25, -0.2) is 13.6 Å². The van der Waals surface area contributed by atoms with Crippen LogP contribution in [0.4, 0.5) is 0 Å². The molecule has 0 saturated heterocycles. The highest BCUT2D eigenvalue weighted by atomic mass is 32.2. The lowest BCUT2D eigenvalue weighted by Crippen LogP contribution is -2.40. The minimum Gasteiger partial charge on any atom is -0.495 e. The first-order valence-corrected chi connectivity index (χ1v) is 7.22. The highest BCUT2D eigenvalue weighted by Gasteiger charge is 2.16. The SMILES string of the molecule is COc1ccc(CC(N)NCCO)cc1S(N)(=O)=O. The Labute approximate surface area is 112 Å². The van der Waals surface area contributed by atoms with Crippen LogP contribution in [0, 0.1) is 0 Å². The summed E-state index contributed by atoms with van der Waals surface area (Å²) in [5.41, 5.74) is 6.50. The summed E-state index contributed by atoms with van der Waals surface area (Å²) in [5, 5.41) is 16.7. The second-order valence-corrected chi connectivity index (χ2v) is 5.55. The molecule has 0 fully saturated rings. The predicted octanol–water partition coefficient (Wildman–Crippen LogP) is -1.25. The normalized spacial score (nSPS) is 13.3. The molecule has 0 amide bonds. The highest BCUT2D eigenvalue weighted by Crippen LogP contribution is 2.23. The zero-order chi connectivity index (χ0) is 14.5. The van der Waals surface area contributed by atoms with Gasteiger partial charge < -0.3 is 15.6 Å². The number of nitrogens with two attached hydrogens (primary N) is 2. The van der Waals surface area contributed by atoms with Gasteiger partial charge in [-0.3, -0.25) is 5.32 Å². The quantitative estimate of drug-likeness (QED) is 0.464. The molecule has 0 spiro atoms. The van der Waals surface area contributed by atoms with Crippen molar-refractivity contribution in [3.63, 3.8) is 0 Å². The number of methoxy groups -OCH3 is 1. The van der Waals surface area contributed by atoms with Crippen LogP contribution in [0.5, 0.6) is 5.75 Å². The zero-order valence-corrected chi connectivity index (χ0v) is 11.5. The summed E-state index contributed by atoms with van der Waals surface area (Å²) in [6.07, 6.45) is 0.0286. The number of hydrogen-bond donors (Lipinski definition) is 4. The van der Waals surface area contributed by atoms with Gasteiger partial charge in [0.15, 0.2) is 0 Å². The summed E-state index contributed by atoms with van der Waals surface area (Å²) in [5.74, 6) is 0.197. The Morgan fingerprint density at radius 3 is 2.68 bits per heavy atom. The predicted molar refractivity (Wildman–Crippen MR) is 71.1 cm³/mol. The summed E-state index contributed by atoms with van der Waals surface area (Å²) in [7, 11) is -2.47. The standard InChI is InChI=1S/C11H19N3O4S/c1-18-9-3-2-8(6-10(9)19(13,16)17)7-11(12)14-4-5-15/h2-3,6,11,14-15H,4-5,7,12H2,1H3,(H2,13,16,17). The van der Waals surface area contributed by atoms with Crippen molar-refractivity contribution >= 4 is 10.0 Å². The number of ether oxygens (including phenoxy) is 1. The molecular formula is C11H19N3O4S. The smallest absolute Gasteiger partial charge is 0.241 e. The van der Waals surface area contributed by atoms with Crippen LogP contribution in [0.1, 0.15) is 5.56 Å². The lowest BCUT2D eigenvalue weighted by atomic mass is 10.1. The second-order valence-electron chi connectivity index (χ2n) is 4.02. The van der Waals surface area contributed by atoms with E-state index >= 15 is 0 Å². The van der Waals surface area contributed by atoms with E-state index in [1.54, 1.807) is 6.07 Å². The van der Waals surface area contributed by atoms with Crippen molar-refractivity contribution in [2.24, 2.45) is 10.9 Å². The van der Waals surface area contributed by atoms with E-state index in [1.807, 2.05) is 0 Å². The molecule has 0 aliphatic carbocycles. The third kappa shape index (κ3) is 4.77. The van der Waals surface area contributed by atoms with Crippen LogP contribution in [0.25, 0.3) is 0 Å². The van der Waals surface area contributed by atoms with Gasteiger partial charge in [-0.15, -0.1) is 0 Å². The van der Waals surface area contributed by atoms with E-state index in [1.165, 1.54) is 19.2 Å². The second kappa shape index (κ2) is 6.83. The van der Waals surface area contributed by atoms with E-state index in [-0.39, 0.29) is 23.4 Å². The molecule has 1 unspecified atom stereocenters. The van der Waals surface area contributed by atoms with Crippen molar-refractivity contribution in [1.29, 1.82) is 0 Å². The van der Waals surface area contributed by atoms with Crippen LogP contribution in [0.2, 0.25) is 0 Å². The van der Waals surface area contributed by atoms with Crippen molar-refractivity contribution in [2.45, 2.75) is 17.5 Å². The number of rotatable bonds is 7. The topological polar surface area (TPSA) is 128 Å². The van der Waals surface area contributed by atoms with Gasteiger partial charge in [-0.05, 0) is 17.7 Å². The van der Waals surface area contributed by atoms with Crippen LogP contribution >= 0.6 is 0 Å². The Balaban J connectivity index is 2.93. The van der Waals surface area contributed by atoms with Gasteiger partial charge in [-0.1, -0.05) is 6.07 Å².